The fourth-order valence-electron chi connectivity index (χ4n) is 2.46. The minimum absolute atomic E-state index is 0.176. The number of imidazole rings is 1. The number of rotatable bonds is 8. The van der Waals surface area contributed by atoms with Gasteiger partial charge in [-0.1, -0.05) is 6.92 Å². The third-order valence-corrected chi connectivity index (χ3v) is 3.58. The van der Waals surface area contributed by atoms with Crippen molar-refractivity contribution in [2.24, 2.45) is 0 Å². The van der Waals surface area contributed by atoms with E-state index in [1.807, 2.05) is 24.7 Å². The van der Waals surface area contributed by atoms with Gasteiger partial charge in [-0.25, -0.2) is 4.98 Å². The number of aryl methyl sites for hydroxylation is 1. The van der Waals surface area contributed by atoms with Crippen LogP contribution in [-0.4, -0.2) is 28.2 Å². The van der Waals surface area contributed by atoms with Crippen LogP contribution in [0.4, 0.5) is 0 Å². The fourth-order valence-corrected chi connectivity index (χ4v) is 2.46. The smallest absolute Gasteiger partial charge is 0.141 e. The molecule has 0 saturated carbocycles. The molecule has 114 valence electrons. The van der Waals surface area contributed by atoms with Crippen LogP contribution in [0.25, 0.3) is 0 Å². The van der Waals surface area contributed by atoms with Crippen LogP contribution in [0.1, 0.15) is 37.7 Å². The Labute approximate surface area is 126 Å². The zero-order chi connectivity index (χ0) is 15.1. The maximum Gasteiger partial charge on any atom is 0.141 e. The van der Waals surface area contributed by atoms with Gasteiger partial charge in [-0.15, -0.1) is 0 Å². The van der Waals surface area contributed by atoms with Gasteiger partial charge in [0.15, 0.2) is 0 Å². The summed E-state index contributed by atoms with van der Waals surface area (Å²) >= 11 is 0. The van der Waals surface area contributed by atoms with Crippen LogP contribution in [0.3, 0.4) is 0 Å². The van der Waals surface area contributed by atoms with E-state index in [9.17, 15) is 0 Å². The summed E-state index contributed by atoms with van der Waals surface area (Å²) in [4.78, 5) is 8.62. The predicted octanol–water partition coefficient (Wildman–Crippen LogP) is 2.59. The summed E-state index contributed by atoms with van der Waals surface area (Å²) in [5.41, 5.74) is 1.13. The van der Waals surface area contributed by atoms with Gasteiger partial charge in [0.1, 0.15) is 11.6 Å². The molecule has 0 aliphatic carbocycles. The molecule has 21 heavy (non-hydrogen) atoms. The Bertz CT molecular complexity index is 553. The van der Waals surface area contributed by atoms with Crippen LogP contribution in [-0.2, 0) is 13.0 Å². The van der Waals surface area contributed by atoms with E-state index in [-0.39, 0.29) is 6.04 Å². The van der Waals surface area contributed by atoms with Gasteiger partial charge in [0.25, 0.3) is 0 Å². The van der Waals surface area contributed by atoms with Crippen molar-refractivity contribution in [1.29, 1.82) is 0 Å². The van der Waals surface area contributed by atoms with Gasteiger partial charge in [-0.3, -0.25) is 4.98 Å². The summed E-state index contributed by atoms with van der Waals surface area (Å²) in [6.07, 6.45) is 9.38. The van der Waals surface area contributed by atoms with Crippen LogP contribution in [0.15, 0.2) is 30.9 Å². The molecule has 2 heterocycles. The highest BCUT2D eigenvalue weighted by atomic mass is 16.5. The number of nitrogens with one attached hydrogen (secondary N) is 1. The number of hydrogen-bond donors (Lipinski definition) is 1. The van der Waals surface area contributed by atoms with Crippen molar-refractivity contribution in [3.8, 4) is 5.75 Å². The van der Waals surface area contributed by atoms with Crippen molar-refractivity contribution < 1.29 is 4.74 Å². The molecule has 0 amide bonds. The minimum Gasteiger partial charge on any atom is -0.495 e. The molecule has 0 aliphatic rings. The first kappa shape index (κ1) is 15.5. The minimum atomic E-state index is 0.176. The maximum atomic E-state index is 5.45. The number of aromatic nitrogens is 3. The van der Waals surface area contributed by atoms with Crippen LogP contribution < -0.4 is 10.1 Å². The van der Waals surface area contributed by atoms with Crippen molar-refractivity contribution in [1.82, 2.24) is 19.9 Å². The van der Waals surface area contributed by atoms with E-state index in [2.05, 4.69) is 33.7 Å². The van der Waals surface area contributed by atoms with Crippen LogP contribution in [0, 0.1) is 0 Å². The summed E-state index contributed by atoms with van der Waals surface area (Å²) in [6.45, 7) is 6.19. The fraction of sp³-hybridized carbons (Fsp3) is 0.500. The number of ether oxygens (including phenoxy) is 1. The lowest BCUT2D eigenvalue weighted by atomic mass is 10.0. The quantitative estimate of drug-likeness (QED) is 0.811. The number of hydrogen-bond acceptors (Lipinski definition) is 4. The van der Waals surface area contributed by atoms with Crippen molar-refractivity contribution >= 4 is 0 Å². The van der Waals surface area contributed by atoms with Crippen molar-refractivity contribution in [2.75, 3.05) is 13.7 Å². The molecule has 0 saturated heterocycles. The molecule has 0 spiro atoms. The molecule has 5 heteroatoms. The van der Waals surface area contributed by atoms with E-state index in [1.54, 1.807) is 13.3 Å². The van der Waals surface area contributed by atoms with Crippen LogP contribution >= 0.6 is 0 Å². The largest absolute Gasteiger partial charge is 0.495 e. The van der Waals surface area contributed by atoms with Crippen LogP contribution in [0.5, 0.6) is 5.75 Å². The second-order valence-electron chi connectivity index (χ2n) is 4.96. The summed E-state index contributed by atoms with van der Waals surface area (Å²) in [5, 5.41) is 3.59. The van der Waals surface area contributed by atoms with Gasteiger partial charge in [0.2, 0.25) is 0 Å². The van der Waals surface area contributed by atoms with E-state index in [1.165, 1.54) is 0 Å². The summed E-state index contributed by atoms with van der Waals surface area (Å²) in [5.74, 6) is 1.91. The topological polar surface area (TPSA) is 52.0 Å². The second kappa shape index (κ2) is 7.78. The molecule has 1 atom stereocenters. The Morgan fingerprint density at radius 1 is 1.33 bits per heavy atom. The second-order valence-corrected chi connectivity index (χ2v) is 4.96. The molecule has 0 aliphatic heterocycles. The van der Waals surface area contributed by atoms with Gasteiger partial charge in [0.05, 0.1) is 13.3 Å². The zero-order valence-corrected chi connectivity index (χ0v) is 13.0. The lowest BCUT2D eigenvalue weighted by Gasteiger charge is -2.21. The standard InChI is InChI=1S/C16H24N4O/c1-4-7-18-14(11-16-19-9-10-20(16)5-2)13-6-8-17-12-15(13)21-3/h6,8-10,12,14,18H,4-5,7,11H2,1-3H3. The van der Waals surface area contributed by atoms with Gasteiger partial charge >= 0.3 is 0 Å². The van der Waals surface area contributed by atoms with Gasteiger partial charge < -0.3 is 14.6 Å². The summed E-state index contributed by atoms with van der Waals surface area (Å²) < 4.78 is 7.63. The van der Waals surface area contributed by atoms with Gasteiger partial charge in [0, 0.05) is 43.2 Å². The molecule has 2 aromatic heterocycles. The van der Waals surface area contributed by atoms with E-state index in [4.69, 9.17) is 4.74 Å². The number of methoxy groups -OCH3 is 1. The van der Waals surface area contributed by atoms with Gasteiger partial charge in [-0.2, -0.15) is 0 Å². The average molecular weight is 288 g/mol. The monoisotopic (exact) mass is 288 g/mol. The molecule has 0 aromatic carbocycles. The van der Waals surface area contributed by atoms with E-state index >= 15 is 0 Å². The summed E-state index contributed by atoms with van der Waals surface area (Å²) in [7, 11) is 1.68. The third kappa shape index (κ3) is 3.82. The molecule has 0 bridgehead atoms. The normalized spacial score (nSPS) is 12.3. The van der Waals surface area contributed by atoms with Gasteiger partial charge in [-0.05, 0) is 26.0 Å². The number of pyridine rings is 1. The van der Waals surface area contributed by atoms with E-state index in [0.717, 1.165) is 43.1 Å². The molecular formula is C16H24N4O. The van der Waals surface area contributed by atoms with Crippen molar-refractivity contribution in [3.63, 3.8) is 0 Å². The van der Waals surface area contributed by atoms with Crippen molar-refractivity contribution in [3.05, 3.63) is 42.2 Å². The molecule has 1 unspecified atom stereocenters. The Kier molecular flexibility index (Phi) is 5.75. The van der Waals surface area contributed by atoms with Crippen molar-refractivity contribution in [2.45, 2.75) is 39.3 Å². The molecule has 1 N–H and O–H groups in total. The molecule has 2 rings (SSSR count). The number of nitrogens with zero attached hydrogens (tertiary/aromatic N) is 3. The lowest BCUT2D eigenvalue weighted by Crippen LogP contribution is -2.25. The third-order valence-electron chi connectivity index (χ3n) is 3.58. The van der Waals surface area contributed by atoms with E-state index in [0.29, 0.717) is 0 Å². The molecule has 0 radical (unpaired) electrons. The molecule has 2 aromatic rings. The van der Waals surface area contributed by atoms with Crippen LogP contribution in [0.2, 0.25) is 0 Å². The predicted molar refractivity (Wildman–Crippen MR) is 83.4 cm³/mol. The Hall–Kier alpha value is -1.88. The highest BCUT2D eigenvalue weighted by molar-refractivity contribution is 5.33. The lowest BCUT2D eigenvalue weighted by molar-refractivity contribution is 0.394. The Morgan fingerprint density at radius 2 is 2.19 bits per heavy atom. The summed E-state index contributed by atoms with van der Waals surface area (Å²) in [6, 6.07) is 2.20. The molecular weight excluding hydrogens is 264 g/mol. The Morgan fingerprint density at radius 3 is 2.90 bits per heavy atom. The zero-order valence-electron chi connectivity index (χ0n) is 13.0. The SMILES string of the molecule is CCCNC(Cc1nccn1CC)c1ccncc1OC. The average Bonchev–Trinajstić information content (AvgIpc) is 2.98. The first-order valence-corrected chi connectivity index (χ1v) is 7.51. The maximum absolute atomic E-state index is 5.45. The van der Waals surface area contributed by atoms with E-state index < -0.39 is 0 Å². The first-order chi connectivity index (χ1) is 10.3. The molecule has 5 nitrogen and oxygen atoms in total. The Balaban J connectivity index is 2.25. The highest BCUT2D eigenvalue weighted by Crippen LogP contribution is 2.26. The molecule has 0 fully saturated rings. The highest BCUT2D eigenvalue weighted by Gasteiger charge is 2.18. The first-order valence-electron chi connectivity index (χ1n) is 7.51.